The first-order valence-electron chi connectivity index (χ1n) is 7.08. The maximum absolute atomic E-state index is 11.0. The van der Waals surface area contributed by atoms with Gasteiger partial charge in [0.15, 0.2) is 0 Å². The maximum Gasteiger partial charge on any atom is 0.305 e. The van der Waals surface area contributed by atoms with E-state index in [1.807, 2.05) is 37.3 Å². The van der Waals surface area contributed by atoms with Crippen LogP contribution in [0.2, 0.25) is 0 Å². The van der Waals surface area contributed by atoms with E-state index in [9.17, 15) is 9.70 Å². The summed E-state index contributed by atoms with van der Waals surface area (Å²) in [5.74, 6) is -0.131. The molecule has 0 saturated carbocycles. The molecule has 1 atom stereocenters. The van der Waals surface area contributed by atoms with Crippen molar-refractivity contribution in [2.75, 3.05) is 0 Å². The van der Waals surface area contributed by atoms with Gasteiger partial charge < -0.3 is 4.74 Å². The summed E-state index contributed by atoms with van der Waals surface area (Å²) in [5.41, 5.74) is 1.41. The molecule has 1 aromatic rings. The minimum atomic E-state index is -0.131. The molecule has 1 aromatic carbocycles. The molecule has 0 aliphatic carbocycles. The van der Waals surface area contributed by atoms with Crippen LogP contribution in [0.5, 0.6) is 0 Å². The number of hydrogen-bond donors (Lipinski definition) is 0. The van der Waals surface area contributed by atoms with E-state index in [-0.39, 0.29) is 17.8 Å². The van der Waals surface area contributed by atoms with Crippen LogP contribution in [0.1, 0.15) is 25.8 Å². The van der Waals surface area contributed by atoms with Crippen molar-refractivity contribution < 1.29 is 9.53 Å². The van der Waals surface area contributed by atoms with E-state index in [1.165, 1.54) is 11.6 Å². The van der Waals surface area contributed by atoms with E-state index in [0.29, 0.717) is 6.42 Å². The summed E-state index contributed by atoms with van der Waals surface area (Å²) in [6, 6.07) is 10.0. The first-order valence-corrected chi connectivity index (χ1v) is 7.08. The smallest absolute Gasteiger partial charge is 0.305 e. The van der Waals surface area contributed by atoms with Gasteiger partial charge >= 0.3 is 5.97 Å². The van der Waals surface area contributed by atoms with Gasteiger partial charge in [0.1, 0.15) is 11.8 Å². The van der Waals surface area contributed by atoms with Gasteiger partial charge in [0.25, 0.3) is 0 Å². The molecule has 0 saturated heterocycles. The zero-order valence-corrected chi connectivity index (χ0v) is 13.2. The zero-order valence-electron chi connectivity index (χ0n) is 13.2. The predicted molar refractivity (Wildman–Crippen MR) is 90.3 cm³/mol. The molecular weight excluding hydrogens is 278 g/mol. The van der Waals surface area contributed by atoms with Gasteiger partial charge in [-0.15, -0.1) is 4.91 Å². The molecule has 1 rings (SSSR count). The van der Waals surface area contributed by atoms with Crippen LogP contribution in [0.25, 0.3) is 0 Å². The molecule has 22 heavy (non-hydrogen) atoms. The van der Waals surface area contributed by atoms with Crippen LogP contribution in [-0.2, 0) is 16.0 Å². The van der Waals surface area contributed by atoms with Crippen molar-refractivity contribution in [3.8, 4) is 0 Å². The lowest BCUT2D eigenvalue weighted by Crippen LogP contribution is -2.16. The van der Waals surface area contributed by atoms with Crippen molar-refractivity contribution in [1.82, 2.24) is 0 Å². The highest BCUT2D eigenvalue weighted by Crippen LogP contribution is 2.06. The molecule has 0 amide bonds. The van der Waals surface area contributed by atoms with E-state index in [1.54, 1.807) is 19.1 Å². The van der Waals surface area contributed by atoms with Gasteiger partial charge in [0, 0.05) is 12.8 Å². The molecule has 4 heteroatoms. The minimum absolute atomic E-state index is 0.0372. The average Bonchev–Trinajstić information content (AvgIpc) is 2.53. The largest absolute Gasteiger partial charge is 0.462 e. The summed E-state index contributed by atoms with van der Waals surface area (Å²) in [5, 5.41) is 2.55. The normalized spacial score (nSPS) is 11.0. The number of rotatable bonds is 7. The molecule has 0 heterocycles. The van der Waals surface area contributed by atoms with Crippen LogP contribution >= 0.6 is 0 Å². The molecule has 0 aliphatic rings. The molecule has 0 aromatic heterocycles. The first kappa shape index (κ1) is 19.5. The van der Waals surface area contributed by atoms with E-state index < -0.39 is 0 Å². The van der Waals surface area contributed by atoms with Gasteiger partial charge in [-0.3, -0.25) is 4.79 Å². The molecule has 1 unspecified atom stereocenters. The van der Waals surface area contributed by atoms with Gasteiger partial charge in [0.05, 0.1) is 0 Å². The highest BCUT2D eigenvalue weighted by atomic mass is 16.5. The number of benzene rings is 1. The second kappa shape index (κ2) is 12.3. The molecule has 0 spiro atoms. The van der Waals surface area contributed by atoms with Crippen LogP contribution < -0.4 is 0 Å². The Morgan fingerprint density at radius 1 is 1.36 bits per heavy atom. The number of allylic oxidation sites excluding steroid dienone is 3. The highest BCUT2D eigenvalue weighted by molar-refractivity contribution is 5.69. The molecule has 0 radical (unpaired) electrons. The van der Waals surface area contributed by atoms with Gasteiger partial charge in [-0.05, 0) is 23.7 Å². The topological polar surface area (TPSA) is 55.7 Å². The van der Waals surface area contributed by atoms with E-state index in [4.69, 9.17) is 4.74 Å². The third kappa shape index (κ3) is 10.3. The lowest BCUT2D eigenvalue weighted by atomic mass is 10.1. The minimum Gasteiger partial charge on any atom is -0.462 e. The van der Waals surface area contributed by atoms with Gasteiger partial charge in [-0.1, -0.05) is 62.6 Å². The predicted octanol–water partition coefficient (Wildman–Crippen LogP) is 4.58. The number of ether oxygens (including phenoxy) is 1. The van der Waals surface area contributed by atoms with Gasteiger partial charge in [-0.2, -0.15) is 0 Å². The molecule has 0 fully saturated rings. The summed E-state index contributed by atoms with van der Waals surface area (Å²) in [7, 11) is 0. The van der Waals surface area contributed by atoms with Gasteiger partial charge in [-0.25, -0.2) is 0 Å². The fraction of sp³-hybridized carbons (Fsp3) is 0.278. The van der Waals surface area contributed by atoms with Crippen molar-refractivity contribution in [3.05, 3.63) is 77.9 Å². The molecule has 118 valence electrons. The summed E-state index contributed by atoms with van der Waals surface area (Å²) in [6.45, 7) is 10.4. The molecule has 0 bridgehead atoms. The van der Waals surface area contributed by atoms with Gasteiger partial charge in [0.2, 0.25) is 0 Å². The second-order valence-electron chi connectivity index (χ2n) is 4.52. The van der Waals surface area contributed by atoms with E-state index in [0.717, 1.165) is 6.42 Å². The van der Waals surface area contributed by atoms with Crippen LogP contribution in [0.3, 0.4) is 0 Å². The fourth-order valence-electron chi connectivity index (χ4n) is 1.50. The summed E-state index contributed by atoms with van der Waals surface area (Å²) in [4.78, 5) is 20.6. The van der Waals surface area contributed by atoms with Crippen molar-refractivity contribution in [2.45, 2.75) is 32.8 Å². The van der Waals surface area contributed by atoms with Crippen LogP contribution in [0.15, 0.2) is 72.6 Å². The third-order valence-electron chi connectivity index (χ3n) is 2.53. The summed E-state index contributed by atoms with van der Waals surface area (Å²) < 4.78 is 5.16. The Balaban J connectivity index is 0.000000472. The number of esters is 1. The first-order chi connectivity index (χ1) is 10.5. The average molecular weight is 301 g/mol. The Hall–Kier alpha value is -2.49. The second-order valence-corrected chi connectivity index (χ2v) is 4.52. The quantitative estimate of drug-likeness (QED) is 0.421. The Labute approximate surface area is 132 Å². The molecule has 0 N–H and O–H groups in total. The van der Waals surface area contributed by atoms with Crippen molar-refractivity contribution in [1.29, 1.82) is 0 Å². The van der Waals surface area contributed by atoms with Crippen LogP contribution in [0.4, 0.5) is 0 Å². The Morgan fingerprint density at radius 2 is 2.00 bits per heavy atom. The zero-order chi connectivity index (χ0) is 16.8. The lowest BCUT2D eigenvalue weighted by Gasteiger charge is -2.12. The number of carbonyl (C=O) groups is 1. The number of nitrogens with zero attached hydrogens (tertiary/aromatic N) is 1. The van der Waals surface area contributed by atoms with E-state index >= 15 is 0 Å². The number of nitroso groups, excluding NO2 is 1. The van der Waals surface area contributed by atoms with Crippen molar-refractivity contribution >= 4 is 5.97 Å². The molecule has 4 nitrogen and oxygen atoms in total. The standard InChI is InChI=1S/C12H16O2.C6H7NO/c1-3-12(13)14-10(2)9-11-7-5-4-6-8-11;1-3-4-5-6(2)7-8/h4-8,10H,3,9H2,1-2H3;3-5H,1-2H2/b;5-4-. The SMILES string of the molecule is C=C/C=C\C(=C)N=O.CCC(=O)OC(C)Cc1ccccc1. The molecular formula is C18H23NO3. The Kier molecular flexibility index (Phi) is 10.9. The summed E-state index contributed by atoms with van der Waals surface area (Å²) in [6.07, 6.45) is 5.83. The maximum atomic E-state index is 11.0. The van der Waals surface area contributed by atoms with Crippen LogP contribution in [-0.4, -0.2) is 12.1 Å². The summed E-state index contributed by atoms with van der Waals surface area (Å²) >= 11 is 0. The van der Waals surface area contributed by atoms with Crippen molar-refractivity contribution in [3.63, 3.8) is 0 Å². The lowest BCUT2D eigenvalue weighted by molar-refractivity contribution is -0.147. The number of carbonyl (C=O) groups excluding carboxylic acids is 1. The highest BCUT2D eigenvalue weighted by Gasteiger charge is 2.07. The number of hydrogen-bond acceptors (Lipinski definition) is 4. The fourth-order valence-corrected chi connectivity index (χ4v) is 1.50. The van der Waals surface area contributed by atoms with E-state index in [2.05, 4.69) is 18.3 Å². The monoisotopic (exact) mass is 301 g/mol. The van der Waals surface area contributed by atoms with Crippen molar-refractivity contribution in [2.24, 2.45) is 5.18 Å². The Bertz CT molecular complexity index is 506. The molecule has 0 aliphatic heterocycles. The van der Waals surface area contributed by atoms with Crippen LogP contribution in [0, 0.1) is 4.91 Å². The third-order valence-corrected chi connectivity index (χ3v) is 2.53. The Morgan fingerprint density at radius 3 is 2.50 bits per heavy atom.